The van der Waals surface area contributed by atoms with Gasteiger partial charge >= 0.3 is 0 Å². The predicted molar refractivity (Wildman–Crippen MR) is 123 cm³/mol. The fourth-order valence-electron chi connectivity index (χ4n) is 2.35. The van der Waals surface area contributed by atoms with Gasteiger partial charge in [-0.1, -0.05) is 17.7 Å². The number of pyridine rings is 1. The summed E-state index contributed by atoms with van der Waals surface area (Å²) in [6.45, 7) is 1.70. The molecule has 0 unspecified atom stereocenters. The first-order valence-electron chi connectivity index (χ1n) is 8.59. The molecule has 28 heavy (non-hydrogen) atoms. The summed E-state index contributed by atoms with van der Waals surface area (Å²) in [5.41, 5.74) is 1.57. The number of aliphatic imine (C=N–C) groups is 1. The van der Waals surface area contributed by atoms with Crippen molar-refractivity contribution in [1.82, 2.24) is 20.9 Å². The molecule has 0 radical (unpaired) electrons. The molecule has 1 aromatic carbocycles. The number of carbonyl (C=O) groups excluding carboxylic acids is 1. The number of hydrogen-bond donors (Lipinski definition) is 3. The molecular formula is C19H25ClIN5O2. The van der Waals surface area contributed by atoms with Gasteiger partial charge in [0.2, 0.25) is 0 Å². The monoisotopic (exact) mass is 517 g/mol. The van der Waals surface area contributed by atoms with Gasteiger partial charge in [0, 0.05) is 44.1 Å². The maximum Gasteiger partial charge on any atom is 0.252 e. The highest BCUT2D eigenvalue weighted by Crippen LogP contribution is 2.22. The summed E-state index contributed by atoms with van der Waals surface area (Å²) >= 11 is 6.24. The number of methoxy groups -OCH3 is 1. The fourth-order valence-corrected chi connectivity index (χ4v) is 2.62. The van der Waals surface area contributed by atoms with Gasteiger partial charge in [0.25, 0.3) is 5.91 Å². The van der Waals surface area contributed by atoms with Gasteiger partial charge in [-0.15, -0.1) is 24.0 Å². The lowest BCUT2D eigenvalue weighted by Gasteiger charge is -2.13. The third-order valence-corrected chi connectivity index (χ3v) is 4.15. The Bertz CT molecular complexity index is 774. The van der Waals surface area contributed by atoms with Crippen LogP contribution in [-0.2, 0) is 6.42 Å². The average Bonchev–Trinajstić information content (AvgIpc) is 2.71. The second kappa shape index (κ2) is 13.2. The number of ether oxygens (including phenoxy) is 1. The number of hydrogen-bond acceptors (Lipinski definition) is 4. The van der Waals surface area contributed by atoms with Crippen LogP contribution in [0.25, 0.3) is 0 Å². The molecule has 0 spiro atoms. The molecule has 0 aliphatic carbocycles. The smallest absolute Gasteiger partial charge is 0.252 e. The van der Waals surface area contributed by atoms with Crippen LogP contribution in [0.3, 0.4) is 0 Å². The van der Waals surface area contributed by atoms with Crippen LogP contribution < -0.4 is 20.7 Å². The molecule has 1 amide bonds. The van der Waals surface area contributed by atoms with Gasteiger partial charge in [-0.05, 0) is 36.2 Å². The van der Waals surface area contributed by atoms with E-state index in [0.29, 0.717) is 36.2 Å². The van der Waals surface area contributed by atoms with Crippen molar-refractivity contribution < 1.29 is 9.53 Å². The molecule has 0 fully saturated rings. The zero-order chi connectivity index (χ0) is 19.5. The molecule has 7 nitrogen and oxygen atoms in total. The third kappa shape index (κ3) is 7.89. The highest BCUT2D eigenvalue weighted by Gasteiger charge is 2.05. The highest BCUT2D eigenvalue weighted by atomic mass is 127. The standard InChI is InChI=1S/C19H24ClN5O2.HI/c1-21-19(24-9-7-14-5-6-16(27-2)12-17(14)20)25-11-10-23-18(26)15-4-3-8-22-13-15;/h3-6,8,12-13H,7,9-11H2,1-2H3,(H,23,26)(H2,21,24,25);1H. The third-order valence-electron chi connectivity index (χ3n) is 3.80. The number of nitrogens with zero attached hydrogens (tertiary/aromatic N) is 2. The lowest BCUT2D eigenvalue weighted by atomic mass is 10.1. The molecule has 0 aliphatic rings. The van der Waals surface area contributed by atoms with Crippen molar-refractivity contribution in [3.05, 3.63) is 58.9 Å². The van der Waals surface area contributed by atoms with Gasteiger partial charge in [-0.2, -0.15) is 0 Å². The van der Waals surface area contributed by atoms with Crippen molar-refractivity contribution in [1.29, 1.82) is 0 Å². The molecule has 1 heterocycles. The number of amides is 1. The summed E-state index contributed by atoms with van der Waals surface area (Å²) in [6, 6.07) is 9.09. The molecule has 2 aromatic rings. The predicted octanol–water partition coefficient (Wildman–Crippen LogP) is 2.50. The average molecular weight is 518 g/mol. The van der Waals surface area contributed by atoms with Crippen molar-refractivity contribution in [3.8, 4) is 5.75 Å². The van der Waals surface area contributed by atoms with E-state index in [1.165, 1.54) is 6.20 Å². The Balaban J connectivity index is 0.00000392. The molecule has 3 N–H and O–H groups in total. The Morgan fingerprint density at radius 2 is 1.93 bits per heavy atom. The minimum atomic E-state index is -0.151. The zero-order valence-electron chi connectivity index (χ0n) is 15.9. The van der Waals surface area contributed by atoms with Gasteiger partial charge in [0.1, 0.15) is 5.75 Å². The van der Waals surface area contributed by atoms with E-state index < -0.39 is 0 Å². The van der Waals surface area contributed by atoms with E-state index >= 15 is 0 Å². The molecule has 0 aliphatic heterocycles. The summed E-state index contributed by atoms with van der Waals surface area (Å²) in [5.74, 6) is 1.25. The number of halogens is 2. The van der Waals surface area contributed by atoms with Crippen molar-refractivity contribution in [2.75, 3.05) is 33.8 Å². The van der Waals surface area contributed by atoms with E-state index in [1.807, 2.05) is 12.1 Å². The molecule has 9 heteroatoms. The SMILES string of the molecule is CN=C(NCCNC(=O)c1cccnc1)NCCc1ccc(OC)cc1Cl.I. The maximum absolute atomic E-state index is 11.9. The fraction of sp³-hybridized carbons (Fsp3) is 0.316. The molecule has 0 atom stereocenters. The Kier molecular flexibility index (Phi) is 11.3. The maximum atomic E-state index is 11.9. The molecule has 0 bridgehead atoms. The summed E-state index contributed by atoms with van der Waals surface area (Å²) in [6.07, 6.45) is 3.92. The largest absolute Gasteiger partial charge is 0.497 e. The van der Waals surface area contributed by atoms with Gasteiger partial charge in [-0.25, -0.2) is 0 Å². The number of benzene rings is 1. The van der Waals surface area contributed by atoms with Crippen LogP contribution >= 0.6 is 35.6 Å². The number of aromatic nitrogens is 1. The summed E-state index contributed by atoms with van der Waals surface area (Å²) in [5, 5.41) is 9.87. The van der Waals surface area contributed by atoms with Crippen molar-refractivity contribution in [2.24, 2.45) is 4.99 Å². The van der Waals surface area contributed by atoms with Crippen molar-refractivity contribution in [2.45, 2.75) is 6.42 Å². The number of carbonyl (C=O) groups is 1. The lowest BCUT2D eigenvalue weighted by Crippen LogP contribution is -2.42. The van der Waals surface area contributed by atoms with Crippen molar-refractivity contribution in [3.63, 3.8) is 0 Å². The summed E-state index contributed by atoms with van der Waals surface area (Å²) in [4.78, 5) is 20.0. The first-order chi connectivity index (χ1) is 13.1. The van der Waals surface area contributed by atoms with E-state index in [2.05, 4.69) is 25.9 Å². The van der Waals surface area contributed by atoms with Gasteiger partial charge in [0.15, 0.2) is 5.96 Å². The van der Waals surface area contributed by atoms with E-state index in [4.69, 9.17) is 16.3 Å². The molecule has 0 saturated heterocycles. The second-order valence-corrected chi connectivity index (χ2v) is 6.04. The minimum absolute atomic E-state index is 0. The lowest BCUT2D eigenvalue weighted by molar-refractivity contribution is 0.0954. The number of guanidine groups is 1. The number of nitrogens with one attached hydrogen (secondary N) is 3. The Labute approximate surface area is 187 Å². The molecule has 0 saturated carbocycles. The van der Waals surface area contributed by atoms with Crippen molar-refractivity contribution >= 4 is 47.4 Å². The van der Waals surface area contributed by atoms with E-state index in [-0.39, 0.29) is 29.9 Å². The molecule has 1 aromatic heterocycles. The van der Waals surface area contributed by atoms with Crippen LogP contribution in [-0.4, -0.2) is 50.6 Å². The van der Waals surface area contributed by atoms with Crippen LogP contribution in [0.4, 0.5) is 0 Å². The zero-order valence-corrected chi connectivity index (χ0v) is 19.0. The van der Waals surface area contributed by atoms with Crippen LogP contribution in [0, 0.1) is 0 Å². The van der Waals surface area contributed by atoms with Gasteiger partial charge in [-0.3, -0.25) is 14.8 Å². The molecule has 152 valence electrons. The summed E-state index contributed by atoms with van der Waals surface area (Å²) < 4.78 is 5.15. The second-order valence-electron chi connectivity index (χ2n) is 5.63. The molecular weight excluding hydrogens is 493 g/mol. The van der Waals surface area contributed by atoms with Crippen LogP contribution in [0.1, 0.15) is 15.9 Å². The first kappa shape index (κ1) is 24.0. The van der Waals surface area contributed by atoms with E-state index in [1.54, 1.807) is 38.6 Å². The quantitative estimate of drug-likeness (QED) is 0.217. The van der Waals surface area contributed by atoms with Gasteiger partial charge < -0.3 is 20.7 Å². The topological polar surface area (TPSA) is 87.6 Å². The van der Waals surface area contributed by atoms with Crippen LogP contribution in [0.15, 0.2) is 47.7 Å². The Morgan fingerprint density at radius 1 is 1.18 bits per heavy atom. The van der Waals surface area contributed by atoms with Crippen LogP contribution in [0.2, 0.25) is 5.02 Å². The molecule has 2 rings (SSSR count). The van der Waals surface area contributed by atoms with Gasteiger partial charge in [0.05, 0.1) is 12.7 Å². The highest BCUT2D eigenvalue weighted by molar-refractivity contribution is 14.0. The first-order valence-corrected chi connectivity index (χ1v) is 8.97. The minimum Gasteiger partial charge on any atom is -0.497 e. The Morgan fingerprint density at radius 3 is 2.57 bits per heavy atom. The number of rotatable bonds is 8. The van der Waals surface area contributed by atoms with E-state index in [0.717, 1.165) is 17.7 Å². The van der Waals surface area contributed by atoms with Crippen LogP contribution in [0.5, 0.6) is 5.75 Å². The Hall–Kier alpha value is -2.07. The normalized spacial score (nSPS) is 10.6. The summed E-state index contributed by atoms with van der Waals surface area (Å²) in [7, 11) is 3.31. The van der Waals surface area contributed by atoms with E-state index in [9.17, 15) is 4.79 Å².